The maximum absolute atomic E-state index is 11.4. The fraction of sp³-hybridized carbons (Fsp3) is 0.176. The lowest BCUT2D eigenvalue weighted by Crippen LogP contribution is -2.35. The molecule has 1 heterocycles. The van der Waals surface area contributed by atoms with E-state index in [1.54, 1.807) is 0 Å². The molecule has 130 valence electrons. The molecule has 6 N–H and O–H groups in total. The van der Waals surface area contributed by atoms with Crippen molar-refractivity contribution in [3.05, 3.63) is 47.0 Å². The third-order valence-electron chi connectivity index (χ3n) is 4.24. The fourth-order valence-corrected chi connectivity index (χ4v) is 3.12. The zero-order valence-corrected chi connectivity index (χ0v) is 12.8. The number of hydrogen-bond donors (Lipinski definition) is 6. The Morgan fingerprint density at radius 3 is 2.36 bits per heavy atom. The van der Waals surface area contributed by atoms with Gasteiger partial charge in [0.15, 0.2) is 0 Å². The maximum atomic E-state index is 11.4. The van der Waals surface area contributed by atoms with Crippen LogP contribution in [0.3, 0.4) is 0 Å². The van der Waals surface area contributed by atoms with E-state index in [-0.39, 0.29) is 46.0 Å². The first kappa shape index (κ1) is 16.4. The molecule has 2 aromatic rings. The van der Waals surface area contributed by atoms with Gasteiger partial charge in [-0.25, -0.2) is 9.59 Å². The Hall–Kier alpha value is -3.42. The summed E-state index contributed by atoms with van der Waals surface area (Å²) in [5.41, 5.74) is 0.613. The van der Waals surface area contributed by atoms with Crippen LogP contribution < -0.4 is 5.32 Å². The first-order chi connectivity index (χ1) is 11.8. The Balaban J connectivity index is 2.20. The number of fused-ring (bicyclic) bond motifs is 1. The molecule has 0 amide bonds. The van der Waals surface area contributed by atoms with Crippen LogP contribution in [0, 0.1) is 0 Å². The molecule has 25 heavy (non-hydrogen) atoms. The highest BCUT2D eigenvalue weighted by Crippen LogP contribution is 2.47. The Labute approximate surface area is 141 Å². The molecular formula is C17H15NO7. The van der Waals surface area contributed by atoms with Gasteiger partial charge in [0.1, 0.15) is 23.3 Å². The minimum atomic E-state index is -1.19. The van der Waals surface area contributed by atoms with Gasteiger partial charge < -0.3 is 30.8 Å². The van der Waals surface area contributed by atoms with Crippen LogP contribution in [0.2, 0.25) is 0 Å². The topological polar surface area (TPSA) is 147 Å². The normalized spacial score (nSPS) is 18.9. The smallest absolute Gasteiger partial charge is 0.335 e. The van der Waals surface area contributed by atoms with E-state index < -0.39 is 23.9 Å². The Morgan fingerprint density at radius 2 is 1.72 bits per heavy atom. The highest BCUT2D eigenvalue weighted by molar-refractivity contribution is 5.88. The molecule has 0 spiro atoms. The van der Waals surface area contributed by atoms with Crippen molar-refractivity contribution >= 4 is 17.6 Å². The van der Waals surface area contributed by atoms with Crippen molar-refractivity contribution in [3.8, 4) is 17.2 Å². The highest BCUT2D eigenvalue weighted by Gasteiger charge is 2.35. The van der Waals surface area contributed by atoms with Crippen molar-refractivity contribution in [2.75, 3.05) is 5.32 Å². The van der Waals surface area contributed by atoms with E-state index in [0.29, 0.717) is 0 Å². The quantitative estimate of drug-likeness (QED) is 0.494. The Bertz CT molecular complexity index is 878. The lowest BCUT2D eigenvalue weighted by molar-refractivity contribution is -0.138. The molecule has 1 aliphatic rings. The first-order valence-corrected chi connectivity index (χ1v) is 7.39. The van der Waals surface area contributed by atoms with E-state index in [2.05, 4.69) is 5.32 Å². The molecule has 1 aliphatic heterocycles. The minimum absolute atomic E-state index is 0.0166. The second kappa shape index (κ2) is 5.90. The molecule has 0 fully saturated rings. The molecule has 0 aromatic heterocycles. The zero-order valence-electron chi connectivity index (χ0n) is 12.8. The summed E-state index contributed by atoms with van der Waals surface area (Å²) in [5.74, 6) is -3.85. The lowest BCUT2D eigenvalue weighted by Gasteiger charge is -2.32. The van der Waals surface area contributed by atoms with Gasteiger partial charge in [0.2, 0.25) is 0 Å². The number of nitrogens with one attached hydrogen (secondary N) is 1. The molecule has 0 saturated carbocycles. The van der Waals surface area contributed by atoms with Gasteiger partial charge in [-0.05, 0) is 24.6 Å². The van der Waals surface area contributed by atoms with Crippen LogP contribution in [0.15, 0.2) is 30.3 Å². The molecular weight excluding hydrogens is 330 g/mol. The van der Waals surface area contributed by atoms with Crippen molar-refractivity contribution in [2.24, 2.45) is 0 Å². The van der Waals surface area contributed by atoms with Gasteiger partial charge in [-0.15, -0.1) is 0 Å². The van der Waals surface area contributed by atoms with Gasteiger partial charge in [0.05, 0.1) is 5.56 Å². The van der Waals surface area contributed by atoms with Crippen LogP contribution >= 0.6 is 0 Å². The second-order valence-electron chi connectivity index (χ2n) is 5.83. The predicted molar refractivity (Wildman–Crippen MR) is 86.3 cm³/mol. The summed E-state index contributed by atoms with van der Waals surface area (Å²) >= 11 is 0. The summed E-state index contributed by atoms with van der Waals surface area (Å²) in [7, 11) is 0. The molecule has 2 atom stereocenters. The standard InChI is InChI=1S/C17H15NO7/c19-8-4-11-15(14(21)5-8)10(6-12(18-11)17(24)25)9-3-7(16(22)23)1-2-13(9)20/h1-5,10,12,18-21H,6H2,(H,22,23)(H,24,25). The highest BCUT2D eigenvalue weighted by atomic mass is 16.4. The number of carbonyl (C=O) groups is 2. The van der Waals surface area contributed by atoms with E-state index in [1.807, 2.05) is 0 Å². The van der Waals surface area contributed by atoms with Gasteiger partial charge in [-0.2, -0.15) is 0 Å². The maximum Gasteiger partial charge on any atom is 0.335 e. The Kier molecular flexibility index (Phi) is 3.88. The van der Waals surface area contributed by atoms with Crippen LogP contribution in [0.1, 0.15) is 33.8 Å². The number of anilines is 1. The third kappa shape index (κ3) is 2.89. The Morgan fingerprint density at radius 1 is 1.00 bits per heavy atom. The number of phenolic OH excluding ortho intramolecular Hbond substituents is 3. The van der Waals surface area contributed by atoms with Crippen molar-refractivity contribution in [2.45, 2.75) is 18.4 Å². The van der Waals surface area contributed by atoms with Crippen LogP contribution in [-0.4, -0.2) is 43.5 Å². The van der Waals surface area contributed by atoms with Gasteiger partial charge in [0, 0.05) is 34.9 Å². The zero-order chi connectivity index (χ0) is 18.3. The predicted octanol–water partition coefficient (Wildman–Crippen LogP) is 1.90. The molecule has 2 unspecified atom stereocenters. The monoisotopic (exact) mass is 345 g/mol. The fourth-order valence-electron chi connectivity index (χ4n) is 3.12. The van der Waals surface area contributed by atoms with E-state index in [4.69, 9.17) is 5.11 Å². The number of benzene rings is 2. The number of hydrogen-bond acceptors (Lipinski definition) is 6. The molecule has 0 aliphatic carbocycles. The van der Waals surface area contributed by atoms with Crippen LogP contribution in [0.5, 0.6) is 17.2 Å². The van der Waals surface area contributed by atoms with Crippen LogP contribution in [0.25, 0.3) is 0 Å². The summed E-state index contributed by atoms with van der Waals surface area (Å²) in [6.07, 6.45) is -0.0166. The summed E-state index contributed by atoms with van der Waals surface area (Å²) in [5, 5.41) is 51.2. The summed E-state index contributed by atoms with van der Waals surface area (Å²) in [6.45, 7) is 0. The van der Waals surface area contributed by atoms with Gasteiger partial charge >= 0.3 is 11.9 Å². The molecule has 2 aromatic carbocycles. The molecule has 0 radical (unpaired) electrons. The van der Waals surface area contributed by atoms with Crippen molar-refractivity contribution in [1.82, 2.24) is 0 Å². The van der Waals surface area contributed by atoms with Gasteiger partial charge in [-0.1, -0.05) is 0 Å². The second-order valence-corrected chi connectivity index (χ2v) is 5.83. The first-order valence-electron chi connectivity index (χ1n) is 7.39. The molecule has 0 saturated heterocycles. The number of phenols is 3. The van der Waals surface area contributed by atoms with Crippen molar-refractivity contribution < 1.29 is 35.1 Å². The molecule has 8 nitrogen and oxygen atoms in total. The number of rotatable bonds is 3. The van der Waals surface area contributed by atoms with E-state index in [0.717, 1.165) is 6.07 Å². The summed E-state index contributed by atoms with van der Waals surface area (Å²) in [6, 6.07) is 5.04. The summed E-state index contributed by atoms with van der Waals surface area (Å²) in [4.78, 5) is 22.6. The number of aromatic hydroxyl groups is 3. The number of aromatic carboxylic acids is 1. The molecule has 0 bridgehead atoms. The van der Waals surface area contributed by atoms with Gasteiger partial charge in [-0.3, -0.25) is 0 Å². The lowest BCUT2D eigenvalue weighted by atomic mass is 9.80. The minimum Gasteiger partial charge on any atom is -0.508 e. The van der Waals surface area contributed by atoms with E-state index >= 15 is 0 Å². The third-order valence-corrected chi connectivity index (χ3v) is 4.24. The van der Waals surface area contributed by atoms with E-state index in [1.165, 1.54) is 24.3 Å². The van der Waals surface area contributed by atoms with Crippen LogP contribution in [0.4, 0.5) is 5.69 Å². The van der Waals surface area contributed by atoms with Crippen LogP contribution in [-0.2, 0) is 4.79 Å². The average molecular weight is 345 g/mol. The van der Waals surface area contributed by atoms with E-state index in [9.17, 15) is 30.0 Å². The number of carboxylic acid groups (broad SMARTS) is 2. The van der Waals surface area contributed by atoms with Crippen molar-refractivity contribution in [3.63, 3.8) is 0 Å². The average Bonchev–Trinajstić information content (AvgIpc) is 2.53. The van der Waals surface area contributed by atoms with Crippen molar-refractivity contribution in [1.29, 1.82) is 0 Å². The number of carboxylic acids is 2. The largest absolute Gasteiger partial charge is 0.508 e. The summed E-state index contributed by atoms with van der Waals surface area (Å²) < 4.78 is 0. The van der Waals surface area contributed by atoms with Gasteiger partial charge in [0.25, 0.3) is 0 Å². The molecule has 3 rings (SSSR count). The molecule has 8 heteroatoms. The SMILES string of the molecule is O=C(O)c1ccc(O)c(C2CC(C(=O)O)Nc3cc(O)cc(O)c32)c1. The number of aliphatic carboxylic acids is 1.